The summed E-state index contributed by atoms with van der Waals surface area (Å²) in [5, 5.41) is 12.9. The number of carbonyl (C=O) groups is 1. The molecule has 1 heterocycles. The molecule has 6 nitrogen and oxygen atoms in total. The Morgan fingerprint density at radius 3 is 2.33 bits per heavy atom. The molecule has 1 aliphatic rings. The maximum atomic E-state index is 12.4. The van der Waals surface area contributed by atoms with Crippen molar-refractivity contribution in [1.29, 1.82) is 0 Å². The minimum atomic E-state index is -0.641. The highest BCUT2D eigenvalue weighted by molar-refractivity contribution is 5.91. The lowest BCUT2D eigenvalue weighted by atomic mass is 9.98. The molecule has 0 saturated heterocycles. The molecule has 4 aromatic rings. The largest absolute Gasteiger partial charge is 0.507 e. The second kappa shape index (κ2) is 7.08. The molecule has 0 fully saturated rings. The van der Waals surface area contributed by atoms with Crippen molar-refractivity contribution in [3.63, 3.8) is 0 Å². The zero-order valence-electron chi connectivity index (χ0n) is 15.8. The van der Waals surface area contributed by atoms with Gasteiger partial charge in [-0.2, -0.15) is 0 Å². The van der Waals surface area contributed by atoms with Crippen molar-refractivity contribution in [1.82, 2.24) is 0 Å². The van der Waals surface area contributed by atoms with E-state index in [0.717, 1.165) is 28.3 Å². The quantitative estimate of drug-likeness (QED) is 0.480. The first-order valence-corrected chi connectivity index (χ1v) is 9.49. The fourth-order valence-electron chi connectivity index (χ4n) is 3.98. The molecule has 6 heteroatoms. The molecule has 0 radical (unpaired) electrons. The summed E-state index contributed by atoms with van der Waals surface area (Å²) in [6, 6.07) is 21.8. The van der Waals surface area contributed by atoms with E-state index in [9.17, 15) is 14.7 Å². The van der Waals surface area contributed by atoms with Gasteiger partial charge in [-0.1, -0.05) is 48.5 Å². The Labute approximate surface area is 171 Å². The van der Waals surface area contributed by atoms with Crippen LogP contribution in [0.3, 0.4) is 0 Å². The summed E-state index contributed by atoms with van der Waals surface area (Å²) < 4.78 is 10.5. The number of amides is 1. The van der Waals surface area contributed by atoms with Crippen LogP contribution in [0.2, 0.25) is 0 Å². The van der Waals surface area contributed by atoms with E-state index in [1.165, 1.54) is 12.1 Å². The second-order valence-corrected chi connectivity index (χ2v) is 7.11. The van der Waals surface area contributed by atoms with Gasteiger partial charge >= 0.3 is 11.7 Å². The van der Waals surface area contributed by atoms with E-state index in [1.54, 1.807) is 6.07 Å². The summed E-state index contributed by atoms with van der Waals surface area (Å²) in [5.74, 6) is -0.240. The van der Waals surface area contributed by atoms with E-state index in [1.807, 2.05) is 24.3 Å². The third kappa shape index (κ3) is 3.08. The third-order valence-electron chi connectivity index (χ3n) is 5.31. The van der Waals surface area contributed by atoms with Crippen LogP contribution in [0.4, 0.5) is 10.5 Å². The Bertz CT molecular complexity index is 1300. The SMILES string of the molecule is O=C(Nc1ccc2oc(=O)cc(O)c2c1)OCC1c2ccccc2-c2ccccc21. The monoisotopic (exact) mass is 399 g/mol. The van der Waals surface area contributed by atoms with Crippen LogP contribution in [0.15, 0.2) is 82.0 Å². The number of fused-ring (bicyclic) bond motifs is 4. The number of anilines is 1. The zero-order valence-corrected chi connectivity index (χ0v) is 15.8. The summed E-state index contributed by atoms with van der Waals surface area (Å²) in [7, 11) is 0. The van der Waals surface area contributed by atoms with Crippen LogP contribution in [0.25, 0.3) is 22.1 Å². The van der Waals surface area contributed by atoms with Crippen molar-refractivity contribution in [2.24, 2.45) is 0 Å². The molecular weight excluding hydrogens is 382 g/mol. The lowest BCUT2D eigenvalue weighted by Crippen LogP contribution is -2.17. The Balaban J connectivity index is 1.34. The van der Waals surface area contributed by atoms with Crippen molar-refractivity contribution in [2.75, 3.05) is 11.9 Å². The molecule has 0 bridgehead atoms. The first-order chi connectivity index (χ1) is 14.6. The van der Waals surface area contributed by atoms with Gasteiger partial charge < -0.3 is 14.3 Å². The minimum absolute atomic E-state index is 0.0296. The fourth-order valence-corrected chi connectivity index (χ4v) is 3.98. The third-order valence-corrected chi connectivity index (χ3v) is 5.31. The summed E-state index contributed by atoms with van der Waals surface area (Å²) in [5.41, 5.74) is 4.61. The van der Waals surface area contributed by atoms with Gasteiger partial charge in [-0.25, -0.2) is 9.59 Å². The van der Waals surface area contributed by atoms with Gasteiger partial charge in [0.1, 0.15) is 17.9 Å². The van der Waals surface area contributed by atoms with E-state index in [-0.39, 0.29) is 23.9 Å². The molecule has 0 atom stereocenters. The van der Waals surface area contributed by atoms with Gasteiger partial charge in [0.2, 0.25) is 0 Å². The fraction of sp³-hybridized carbons (Fsp3) is 0.0833. The summed E-state index contributed by atoms with van der Waals surface area (Å²) in [4.78, 5) is 23.7. The van der Waals surface area contributed by atoms with Crippen LogP contribution in [-0.4, -0.2) is 17.8 Å². The Kier molecular flexibility index (Phi) is 4.25. The number of ether oxygens (including phenoxy) is 1. The summed E-state index contributed by atoms with van der Waals surface area (Å²) in [6.07, 6.45) is -0.604. The van der Waals surface area contributed by atoms with Crippen LogP contribution in [0.1, 0.15) is 17.0 Å². The number of hydrogen-bond donors (Lipinski definition) is 2. The molecule has 148 valence electrons. The van der Waals surface area contributed by atoms with Crippen molar-refractivity contribution in [3.05, 3.63) is 94.3 Å². The molecule has 1 aromatic heterocycles. The van der Waals surface area contributed by atoms with E-state index in [4.69, 9.17) is 9.15 Å². The molecule has 0 spiro atoms. The molecule has 3 aromatic carbocycles. The predicted molar refractivity (Wildman–Crippen MR) is 113 cm³/mol. The second-order valence-electron chi connectivity index (χ2n) is 7.11. The normalized spacial score (nSPS) is 12.4. The highest BCUT2D eigenvalue weighted by Gasteiger charge is 2.29. The van der Waals surface area contributed by atoms with Gasteiger partial charge in [0.15, 0.2) is 0 Å². The van der Waals surface area contributed by atoms with E-state index < -0.39 is 11.7 Å². The van der Waals surface area contributed by atoms with Crippen molar-refractivity contribution >= 4 is 22.7 Å². The van der Waals surface area contributed by atoms with Crippen molar-refractivity contribution < 1.29 is 19.1 Å². The molecule has 0 saturated carbocycles. The minimum Gasteiger partial charge on any atom is -0.507 e. The molecule has 5 rings (SSSR count). The Hall–Kier alpha value is -4.06. The first-order valence-electron chi connectivity index (χ1n) is 9.49. The van der Waals surface area contributed by atoms with Gasteiger partial charge in [0, 0.05) is 11.6 Å². The van der Waals surface area contributed by atoms with E-state index in [0.29, 0.717) is 11.1 Å². The van der Waals surface area contributed by atoms with Gasteiger partial charge in [-0.05, 0) is 40.5 Å². The maximum Gasteiger partial charge on any atom is 0.411 e. The van der Waals surface area contributed by atoms with Crippen LogP contribution < -0.4 is 10.9 Å². The lowest BCUT2D eigenvalue weighted by molar-refractivity contribution is 0.158. The Morgan fingerprint density at radius 2 is 1.63 bits per heavy atom. The highest BCUT2D eigenvalue weighted by atomic mass is 16.5. The van der Waals surface area contributed by atoms with Gasteiger partial charge in [0.05, 0.1) is 11.5 Å². The molecule has 30 heavy (non-hydrogen) atoms. The first kappa shape index (κ1) is 18.0. The predicted octanol–water partition coefficient (Wildman–Crippen LogP) is 4.86. The number of rotatable bonds is 3. The number of carbonyl (C=O) groups excluding carboxylic acids is 1. The average molecular weight is 399 g/mol. The average Bonchev–Trinajstić information content (AvgIpc) is 3.06. The maximum absolute atomic E-state index is 12.4. The highest BCUT2D eigenvalue weighted by Crippen LogP contribution is 2.44. The molecule has 0 aliphatic heterocycles. The van der Waals surface area contributed by atoms with Crippen LogP contribution in [0, 0.1) is 0 Å². The summed E-state index contributed by atoms with van der Waals surface area (Å²) >= 11 is 0. The number of hydrogen-bond acceptors (Lipinski definition) is 5. The van der Waals surface area contributed by atoms with Crippen molar-refractivity contribution in [3.8, 4) is 16.9 Å². The number of aromatic hydroxyl groups is 1. The van der Waals surface area contributed by atoms with E-state index in [2.05, 4.69) is 29.6 Å². The molecular formula is C24H17NO5. The lowest BCUT2D eigenvalue weighted by Gasteiger charge is -2.14. The molecule has 1 amide bonds. The Morgan fingerprint density at radius 1 is 0.967 bits per heavy atom. The number of benzene rings is 3. The van der Waals surface area contributed by atoms with Gasteiger partial charge in [-0.15, -0.1) is 0 Å². The molecule has 0 unspecified atom stereocenters. The van der Waals surface area contributed by atoms with Gasteiger partial charge in [0.25, 0.3) is 0 Å². The van der Waals surface area contributed by atoms with E-state index >= 15 is 0 Å². The molecule has 2 N–H and O–H groups in total. The summed E-state index contributed by atoms with van der Waals surface area (Å²) in [6.45, 7) is 0.202. The van der Waals surface area contributed by atoms with Crippen molar-refractivity contribution in [2.45, 2.75) is 5.92 Å². The topological polar surface area (TPSA) is 88.8 Å². The number of nitrogens with one attached hydrogen (secondary N) is 1. The van der Waals surface area contributed by atoms with Gasteiger partial charge in [-0.3, -0.25) is 5.32 Å². The smallest absolute Gasteiger partial charge is 0.411 e. The van der Waals surface area contributed by atoms with Crippen LogP contribution >= 0.6 is 0 Å². The molecule has 1 aliphatic carbocycles. The standard InChI is InChI=1S/C24H17NO5/c26-21-12-23(27)30-22-10-9-14(11-19(21)22)25-24(28)29-13-20-17-7-3-1-5-15(17)16-6-2-4-8-18(16)20/h1-12,20,26H,13H2,(H,25,28). The zero-order chi connectivity index (χ0) is 20.7. The van der Waals surface area contributed by atoms with Crippen LogP contribution in [0.5, 0.6) is 5.75 Å². The van der Waals surface area contributed by atoms with Crippen LogP contribution in [-0.2, 0) is 4.74 Å².